The molecular formula is C17H12F2N2O4. The van der Waals surface area contributed by atoms with E-state index in [4.69, 9.17) is 4.42 Å². The number of aromatic hydroxyl groups is 1. The Labute approximate surface area is 140 Å². The maximum Gasteiger partial charge on any atom is 0.305 e. The van der Waals surface area contributed by atoms with Crippen LogP contribution in [0.25, 0.3) is 11.0 Å². The number of benzene rings is 2. The highest BCUT2D eigenvalue weighted by Crippen LogP contribution is 2.25. The standard InChI is InChI=1S/C17H12F2N2O4/c1-8-10-4-2-3-5-13(10)25-15(8)17(24)21-20-16(23)14-11(19)6-9(18)7-12(14)22/h2-7,22H,1H3,(H,20,23)(H,21,24). The summed E-state index contributed by atoms with van der Waals surface area (Å²) in [4.78, 5) is 24.1. The number of aryl methyl sites for hydroxylation is 1. The molecule has 1 aromatic heterocycles. The maximum absolute atomic E-state index is 13.6. The first kappa shape index (κ1) is 16.4. The summed E-state index contributed by atoms with van der Waals surface area (Å²) in [6.45, 7) is 1.67. The van der Waals surface area contributed by atoms with Crippen molar-refractivity contribution in [2.75, 3.05) is 0 Å². The zero-order chi connectivity index (χ0) is 18.1. The second kappa shape index (κ2) is 6.23. The predicted molar refractivity (Wildman–Crippen MR) is 83.9 cm³/mol. The number of hydrogen-bond acceptors (Lipinski definition) is 4. The van der Waals surface area contributed by atoms with Crippen LogP contribution in [0.2, 0.25) is 0 Å². The fourth-order valence-corrected chi connectivity index (χ4v) is 2.41. The van der Waals surface area contributed by atoms with Gasteiger partial charge in [-0.2, -0.15) is 0 Å². The van der Waals surface area contributed by atoms with E-state index in [0.717, 1.165) is 5.39 Å². The van der Waals surface area contributed by atoms with Crippen molar-refractivity contribution in [1.29, 1.82) is 0 Å². The van der Waals surface area contributed by atoms with Crippen LogP contribution in [0.1, 0.15) is 26.5 Å². The van der Waals surface area contributed by atoms with Crippen molar-refractivity contribution < 1.29 is 27.9 Å². The summed E-state index contributed by atoms with van der Waals surface area (Å²) >= 11 is 0. The summed E-state index contributed by atoms with van der Waals surface area (Å²) < 4.78 is 32.0. The highest BCUT2D eigenvalue weighted by Gasteiger charge is 2.21. The van der Waals surface area contributed by atoms with Gasteiger partial charge < -0.3 is 9.52 Å². The second-order valence-electron chi connectivity index (χ2n) is 5.24. The number of hydrogen-bond donors (Lipinski definition) is 3. The third-order valence-electron chi connectivity index (χ3n) is 3.60. The average Bonchev–Trinajstić information content (AvgIpc) is 2.89. The number of para-hydroxylation sites is 1. The Morgan fingerprint density at radius 1 is 1.08 bits per heavy atom. The summed E-state index contributed by atoms with van der Waals surface area (Å²) in [5.74, 6) is -5.10. The van der Waals surface area contributed by atoms with Gasteiger partial charge >= 0.3 is 5.91 Å². The van der Waals surface area contributed by atoms with Crippen molar-refractivity contribution in [3.05, 3.63) is 64.9 Å². The molecule has 0 aliphatic carbocycles. The van der Waals surface area contributed by atoms with E-state index >= 15 is 0 Å². The van der Waals surface area contributed by atoms with Gasteiger partial charge in [0.1, 0.15) is 28.5 Å². The number of rotatable bonds is 2. The van der Waals surface area contributed by atoms with Gasteiger partial charge in [0.05, 0.1) is 0 Å². The Bertz CT molecular complexity index is 974. The first-order valence-electron chi connectivity index (χ1n) is 7.15. The van der Waals surface area contributed by atoms with Crippen molar-refractivity contribution in [3.63, 3.8) is 0 Å². The predicted octanol–water partition coefficient (Wildman–Crippen LogP) is 2.80. The normalized spacial score (nSPS) is 10.7. The number of nitrogens with one attached hydrogen (secondary N) is 2. The molecule has 0 saturated carbocycles. The lowest BCUT2D eigenvalue weighted by atomic mass is 10.1. The minimum Gasteiger partial charge on any atom is -0.507 e. The Morgan fingerprint density at radius 2 is 1.76 bits per heavy atom. The first-order valence-corrected chi connectivity index (χ1v) is 7.15. The van der Waals surface area contributed by atoms with Crippen LogP contribution in [0.3, 0.4) is 0 Å². The van der Waals surface area contributed by atoms with E-state index in [-0.39, 0.29) is 5.76 Å². The molecule has 1 heterocycles. The van der Waals surface area contributed by atoms with E-state index in [1.807, 2.05) is 5.43 Å². The monoisotopic (exact) mass is 346 g/mol. The zero-order valence-corrected chi connectivity index (χ0v) is 12.9. The third kappa shape index (κ3) is 3.01. The molecule has 0 radical (unpaired) electrons. The molecule has 0 aliphatic rings. The lowest BCUT2D eigenvalue weighted by molar-refractivity contribution is 0.0827. The lowest BCUT2D eigenvalue weighted by Gasteiger charge is -2.08. The van der Waals surface area contributed by atoms with Gasteiger partial charge in [-0.15, -0.1) is 0 Å². The summed E-state index contributed by atoms with van der Waals surface area (Å²) in [6.07, 6.45) is 0. The van der Waals surface area contributed by atoms with Crippen LogP contribution < -0.4 is 10.9 Å². The number of carbonyl (C=O) groups is 2. The SMILES string of the molecule is Cc1c(C(=O)NNC(=O)c2c(O)cc(F)cc2F)oc2ccccc12. The van der Waals surface area contributed by atoms with Gasteiger partial charge in [0.15, 0.2) is 5.76 Å². The van der Waals surface area contributed by atoms with Gasteiger partial charge in [-0.05, 0) is 13.0 Å². The van der Waals surface area contributed by atoms with Crippen LogP contribution in [-0.4, -0.2) is 16.9 Å². The molecule has 0 spiro atoms. The van der Waals surface area contributed by atoms with E-state index in [9.17, 15) is 23.5 Å². The number of amides is 2. The van der Waals surface area contributed by atoms with Crippen LogP contribution in [0.4, 0.5) is 8.78 Å². The molecule has 0 unspecified atom stereocenters. The number of phenols is 1. The van der Waals surface area contributed by atoms with E-state index < -0.39 is 34.8 Å². The first-order chi connectivity index (χ1) is 11.9. The number of carbonyl (C=O) groups excluding carboxylic acids is 2. The van der Waals surface area contributed by atoms with E-state index in [1.54, 1.807) is 31.2 Å². The molecule has 25 heavy (non-hydrogen) atoms. The Balaban J connectivity index is 1.78. The summed E-state index contributed by atoms with van der Waals surface area (Å²) in [6, 6.07) is 8.02. The van der Waals surface area contributed by atoms with Gasteiger partial charge in [-0.3, -0.25) is 20.4 Å². The number of hydrazine groups is 1. The molecule has 0 bridgehead atoms. The van der Waals surface area contributed by atoms with E-state index in [0.29, 0.717) is 23.3 Å². The molecule has 0 saturated heterocycles. The number of halogens is 2. The largest absolute Gasteiger partial charge is 0.507 e. The molecule has 6 nitrogen and oxygen atoms in total. The smallest absolute Gasteiger partial charge is 0.305 e. The number of phenolic OH excluding ortho intramolecular Hbond substituents is 1. The molecule has 3 rings (SSSR count). The zero-order valence-electron chi connectivity index (χ0n) is 12.9. The van der Waals surface area contributed by atoms with Crippen molar-refractivity contribution in [1.82, 2.24) is 10.9 Å². The minimum absolute atomic E-state index is 0.0229. The van der Waals surface area contributed by atoms with Gasteiger partial charge in [0.2, 0.25) is 0 Å². The van der Waals surface area contributed by atoms with Crippen molar-refractivity contribution in [2.45, 2.75) is 6.92 Å². The van der Waals surface area contributed by atoms with E-state index in [1.165, 1.54) is 0 Å². The van der Waals surface area contributed by atoms with Crippen molar-refractivity contribution >= 4 is 22.8 Å². The van der Waals surface area contributed by atoms with Crippen LogP contribution in [0, 0.1) is 18.6 Å². The Kier molecular flexibility index (Phi) is 4.10. The molecule has 2 amide bonds. The van der Waals surface area contributed by atoms with Crippen LogP contribution in [0.5, 0.6) is 5.75 Å². The van der Waals surface area contributed by atoms with Gasteiger partial charge in [-0.25, -0.2) is 8.78 Å². The highest BCUT2D eigenvalue weighted by atomic mass is 19.1. The fraction of sp³-hybridized carbons (Fsp3) is 0.0588. The summed E-state index contributed by atoms with van der Waals surface area (Å²) in [5, 5.41) is 10.2. The number of fused-ring (bicyclic) bond motifs is 1. The average molecular weight is 346 g/mol. The molecule has 0 atom stereocenters. The molecule has 8 heteroatoms. The second-order valence-corrected chi connectivity index (χ2v) is 5.24. The molecule has 0 aliphatic heterocycles. The van der Waals surface area contributed by atoms with Crippen LogP contribution in [0.15, 0.2) is 40.8 Å². The molecule has 3 N–H and O–H groups in total. The summed E-state index contributed by atoms with van der Waals surface area (Å²) in [7, 11) is 0. The van der Waals surface area contributed by atoms with Crippen LogP contribution >= 0.6 is 0 Å². The third-order valence-corrected chi connectivity index (χ3v) is 3.60. The Morgan fingerprint density at radius 3 is 2.44 bits per heavy atom. The lowest BCUT2D eigenvalue weighted by Crippen LogP contribution is -2.42. The van der Waals surface area contributed by atoms with E-state index in [2.05, 4.69) is 5.43 Å². The molecule has 2 aromatic carbocycles. The maximum atomic E-state index is 13.6. The highest BCUT2D eigenvalue weighted by molar-refractivity contribution is 6.02. The quantitative estimate of drug-likeness (QED) is 0.622. The molecule has 0 fully saturated rings. The van der Waals surface area contributed by atoms with Crippen molar-refractivity contribution in [2.24, 2.45) is 0 Å². The topological polar surface area (TPSA) is 91.6 Å². The van der Waals surface area contributed by atoms with Crippen molar-refractivity contribution in [3.8, 4) is 5.75 Å². The van der Waals surface area contributed by atoms with Crippen LogP contribution in [-0.2, 0) is 0 Å². The summed E-state index contributed by atoms with van der Waals surface area (Å²) in [5.41, 5.74) is 4.29. The van der Waals surface area contributed by atoms with Gasteiger partial charge in [0.25, 0.3) is 5.91 Å². The molecule has 128 valence electrons. The molecular weight excluding hydrogens is 334 g/mol. The minimum atomic E-state index is -1.26. The Hall–Kier alpha value is -3.42. The van der Waals surface area contributed by atoms with Gasteiger partial charge in [0, 0.05) is 23.1 Å². The van der Waals surface area contributed by atoms with Gasteiger partial charge in [-0.1, -0.05) is 18.2 Å². The molecule has 3 aromatic rings. The number of furan rings is 1. The fourth-order valence-electron chi connectivity index (χ4n) is 2.41.